The van der Waals surface area contributed by atoms with Gasteiger partial charge in [-0.1, -0.05) is 0 Å². The fourth-order valence-electron chi connectivity index (χ4n) is 1.44. The Morgan fingerprint density at radius 1 is 1.47 bits per heavy atom. The average Bonchev–Trinajstić information content (AvgIpc) is 2.30. The molecule has 0 saturated carbocycles. The van der Waals surface area contributed by atoms with Crippen LogP contribution in [0.3, 0.4) is 0 Å². The number of carbonyl (C=O) groups excluding carboxylic acids is 1. The third-order valence-electron chi connectivity index (χ3n) is 2.01. The van der Waals surface area contributed by atoms with Crippen molar-refractivity contribution in [1.29, 1.82) is 0 Å². The molecule has 5 heteroatoms. The summed E-state index contributed by atoms with van der Waals surface area (Å²) >= 11 is 2.13. The van der Waals surface area contributed by atoms with E-state index in [-0.39, 0.29) is 11.4 Å². The lowest BCUT2D eigenvalue weighted by Gasteiger charge is -2.21. The van der Waals surface area contributed by atoms with Crippen molar-refractivity contribution >= 4 is 34.2 Å². The predicted octanol–water partition coefficient (Wildman–Crippen LogP) is 2.51. The lowest BCUT2D eigenvalue weighted by molar-refractivity contribution is -0.114. The SMILES string of the molecule is CC(=O)Nc1c(I)nn(C(C)(C)C)c1C. The van der Waals surface area contributed by atoms with Crippen LogP contribution in [-0.2, 0) is 10.3 Å². The average molecular weight is 321 g/mol. The molecule has 1 amide bonds. The first-order valence-electron chi connectivity index (χ1n) is 4.76. The molecule has 1 heterocycles. The van der Waals surface area contributed by atoms with Gasteiger partial charge in [0.25, 0.3) is 0 Å². The molecule has 1 N–H and O–H groups in total. The standard InChI is InChI=1S/C10H16IN3O/c1-6-8(12-7(2)15)9(11)13-14(6)10(3,4)5/h1-5H3,(H,12,15). The molecule has 0 bridgehead atoms. The van der Waals surface area contributed by atoms with Gasteiger partial charge in [-0.15, -0.1) is 0 Å². The Balaban J connectivity index is 3.21. The minimum Gasteiger partial charge on any atom is -0.323 e. The first-order chi connectivity index (χ1) is 6.73. The highest BCUT2D eigenvalue weighted by molar-refractivity contribution is 14.1. The molecule has 0 saturated heterocycles. The van der Waals surface area contributed by atoms with Gasteiger partial charge in [0.15, 0.2) is 0 Å². The second kappa shape index (κ2) is 4.11. The van der Waals surface area contributed by atoms with E-state index in [9.17, 15) is 4.79 Å². The van der Waals surface area contributed by atoms with Crippen molar-refractivity contribution in [2.45, 2.75) is 40.2 Å². The van der Waals surface area contributed by atoms with Gasteiger partial charge in [-0.25, -0.2) is 0 Å². The summed E-state index contributed by atoms with van der Waals surface area (Å²) in [6, 6.07) is 0. The summed E-state index contributed by atoms with van der Waals surface area (Å²) < 4.78 is 2.76. The monoisotopic (exact) mass is 321 g/mol. The minimum absolute atomic E-state index is 0.0653. The van der Waals surface area contributed by atoms with Gasteiger partial charge in [0.05, 0.1) is 16.9 Å². The number of rotatable bonds is 1. The van der Waals surface area contributed by atoms with E-state index in [0.29, 0.717) is 0 Å². The molecule has 0 aromatic carbocycles. The molecule has 1 rings (SSSR count). The Morgan fingerprint density at radius 2 is 2.00 bits per heavy atom. The molecular weight excluding hydrogens is 305 g/mol. The number of carbonyl (C=O) groups is 1. The van der Waals surface area contributed by atoms with Crippen molar-refractivity contribution in [3.05, 3.63) is 9.39 Å². The molecule has 0 spiro atoms. The van der Waals surface area contributed by atoms with Crippen LogP contribution in [-0.4, -0.2) is 15.7 Å². The molecule has 1 aromatic rings. The van der Waals surface area contributed by atoms with Crippen molar-refractivity contribution in [3.63, 3.8) is 0 Å². The first-order valence-corrected chi connectivity index (χ1v) is 5.84. The van der Waals surface area contributed by atoms with E-state index >= 15 is 0 Å². The first kappa shape index (κ1) is 12.5. The Kier molecular flexibility index (Phi) is 3.42. The Hall–Kier alpha value is -0.590. The van der Waals surface area contributed by atoms with Gasteiger partial charge in [-0.05, 0) is 50.3 Å². The summed E-state index contributed by atoms with van der Waals surface area (Å²) in [5.41, 5.74) is 1.74. The van der Waals surface area contributed by atoms with Crippen LogP contribution in [0, 0.1) is 10.6 Å². The summed E-state index contributed by atoms with van der Waals surface area (Å²) in [6.07, 6.45) is 0. The molecule has 0 aliphatic heterocycles. The lowest BCUT2D eigenvalue weighted by Crippen LogP contribution is -2.24. The zero-order chi connectivity index (χ0) is 11.8. The number of nitrogens with one attached hydrogen (secondary N) is 1. The van der Waals surface area contributed by atoms with Crippen LogP contribution in [0.15, 0.2) is 0 Å². The van der Waals surface area contributed by atoms with Crippen molar-refractivity contribution < 1.29 is 4.79 Å². The quantitative estimate of drug-likeness (QED) is 0.808. The third-order valence-corrected chi connectivity index (χ3v) is 2.77. The zero-order valence-electron chi connectivity index (χ0n) is 9.68. The molecule has 15 heavy (non-hydrogen) atoms. The largest absolute Gasteiger partial charge is 0.323 e. The molecule has 0 unspecified atom stereocenters. The van der Waals surface area contributed by atoms with Crippen LogP contribution in [0.25, 0.3) is 0 Å². The van der Waals surface area contributed by atoms with E-state index in [1.165, 1.54) is 6.92 Å². The number of hydrogen-bond acceptors (Lipinski definition) is 2. The number of anilines is 1. The van der Waals surface area contributed by atoms with Crippen molar-refractivity contribution in [2.24, 2.45) is 0 Å². The number of amides is 1. The molecule has 0 radical (unpaired) electrons. The summed E-state index contributed by atoms with van der Waals surface area (Å²) in [4.78, 5) is 11.0. The highest BCUT2D eigenvalue weighted by Crippen LogP contribution is 2.26. The summed E-state index contributed by atoms with van der Waals surface area (Å²) in [6.45, 7) is 9.72. The fraction of sp³-hybridized carbons (Fsp3) is 0.600. The maximum absolute atomic E-state index is 11.0. The second-order valence-corrected chi connectivity index (χ2v) is 5.54. The molecule has 1 aromatic heterocycles. The van der Waals surface area contributed by atoms with Gasteiger partial charge in [-0.3, -0.25) is 9.48 Å². The summed E-state index contributed by atoms with van der Waals surface area (Å²) in [5.74, 6) is -0.0653. The highest BCUT2D eigenvalue weighted by Gasteiger charge is 2.21. The van der Waals surface area contributed by atoms with E-state index in [1.807, 2.05) is 11.6 Å². The topological polar surface area (TPSA) is 46.9 Å². The fourth-order valence-corrected chi connectivity index (χ4v) is 2.18. The van der Waals surface area contributed by atoms with E-state index in [1.54, 1.807) is 0 Å². The number of halogens is 1. The van der Waals surface area contributed by atoms with Crippen LogP contribution in [0.4, 0.5) is 5.69 Å². The van der Waals surface area contributed by atoms with Gasteiger partial charge in [0.1, 0.15) is 3.70 Å². The Labute approximate surface area is 104 Å². The minimum atomic E-state index is -0.0687. The van der Waals surface area contributed by atoms with Crippen LogP contribution in [0.2, 0.25) is 0 Å². The van der Waals surface area contributed by atoms with E-state index < -0.39 is 0 Å². The number of nitrogens with zero attached hydrogens (tertiary/aromatic N) is 2. The number of hydrogen-bond donors (Lipinski definition) is 1. The van der Waals surface area contributed by atoms with Crippen molar-refractivity contribution in [1.82, 2.24) is 9.78 Å². The van der Waals surface area contributed by atoms with Crippen LogP contribution in [0.5, 0.6) is 0 Å². The van der Waals surface area contributed by atoms with Gasteiger partial charge in [0.2, 0.25) is 5.91 Å². The van der Waals surface area contributed by atoms with E-state index in [4.69, 9.17) is 0 Å². The zero-order valence-corrected chi connectivity index (χ0v) is 11.8. The second-order valence-electron chi connectivity index (χ2n) is 4.52. The third kappa shape index (κ3) is 2.70. The maximum Gasteiger partial charge on any atom is 0.221 e. The van der Waals surface area contributed by atoms with E-state index in [0.717, 1.165) is 15.1 Å². The van der Waals surface area contributed by atoms with E-state index in [2.05, 4.69) is 53.8 Å². The predicted molar refractivity (Wildman–Crippen MR) is 69.0 cm³/mol. The van der Waals surface area contributed by atoms with Gasteiger partial charge >= 0.3 is 0 Å². The number of aromatic nitrogens is 2. The van der Waals surface area contributed by atoms with Crippen LogP contribution >= 0.6 is 22.6 Å². The molecule has 0 aliphatic carbocycles. The van der Waals surface area contributed by atoms with Gasteiger partial charge < -0.3 is 5.32 Å². The molecule has 4 nitrogen and oxygen atoms in total. The molecule has 84 valence electrons. The van der Waals surface area contributed by atoms with Crippen LogP contribution in [0.1, 0.15) is 33.4 Å². The summed E-state index contributed by atoms with van der Waals surface area (Å²) in [5, 5.41) is 7.23. The maximum atomic E-state index is 11.0. The van der Waals surface area contributed by atoms with Crippen molar-refractivity contribution in [3.8, 4) is 0 Å². The molecule has 0 aliphatic rings. The van der Waals surface area contributed by atoms with Gasteiger partial charge in [-0.2, -0.15) is 5.10 Å². The molecular formula is C10H16IN3O. The molecule has 0 atom stereocenters. The Morgan fingerprint density at radius 3 is 2.33 bits per heavy atom. The normalized spacial score (nSPS) is 11.6. The van der Waals surface area contributed by atoms with Crippen molar-refractivity contribution in [2.75, 3.05) is 5.32 Å². The lowest BCUT2D eigenvalue weighted by atomic mass is 10.1. The summed E-state index contributed by atoms with van der Waals surface area (Å²) in [7, 11) is 0. The smallest absolute Gasteiger partial charge is 0.221 e. The highest BCUT2D eigenvalue weighted by atomic mass is 127. The van der Waals surface area contributed by atoms with Gasteiger partial charge in [0, 0.05) is 6.92 Å². The Bertz CT molecular complexity index is 390. The molecule has 0 fully saturated rings. The van der Waals surface area contributed by atoms with Crippen LogP contribution < -0.4 is 5.32 Å².